The maximum atomic E-state index is 12.1. The Balaban J connectivity index is 1.58. The lowest BCUT2D eigenvalue weighted by Crippen LogP contribution is -2.40. The van der Waals surface area contributed by atoms with Crippen molar-refractivity contribution in [3.63, 3.8) is 0 Å². The molecular weight excluding hydrogens is 240 g/mol. The summed E-state index contributed by atoms with van der Waals surface area (Å²) in [4.78, 5) is 16.4. The SMILES string of the molecule is CC1CCC(NC(=O)c2n[nH]c(C3CC3)n2)CC1C. The molecule has 1 heterocycles. The molecule has 1 aromatic rings. The molecule has 2 aliphatic rings. The number of H-pyrrole nitrogens is 1. The van der Waals surface area contributed by atoms with Crippen molar-refractivity contribution in [2.24, 2.45) is 11.8 Å². The predicted octanol–water partition coefficient (Wildman–Crippen LogP) is 2.24. The normalized spacial score (nSPS) is 31.2. The van der Waals surface area contributed by atoms with Crippen molar-refractivity contribution in [3.8, 4) is 0 Å². The number of aromatic nitrogens is 3. The zero-order chi connectivity index (χ0) is 13.4. The van der Waals surface area contributed by atoms with Gasteiger partial charge in [0.2, 0.25) is 5.82 Å². The van der Waals surface area contributed by atoms with E-state index in [0.717, 1.165) is 37.4 Å². The molecule has 0 aliphatic heterocycles. The summed E-state index contributed by atoms with van der Waals surface area (Å²) in [6, 6.07) is 0.279. The quantitative estimate of drug-likeness (QED) is 0.877. The van der Waals surface area contributed by atoms with Crippen LogP contribution in [0.4, 0.5) is 0 Å². The van der Waals surface area contributed by atoms with Gasteiger partial charge in [-0.25, -0.2) is 4.98 Å². The number of carbonyl (C=O) groups is 1. The maximum Gasteiger partial charge on any atom is 0.291 e. The van der Waals surface area contributed by atoms with Crippen LogP contribution in [0, 0.1) is 11.8 Å². The highest BCUT2D eigenvalue weighted by Gasteiger charge is 2.29. The minimum absolute atomic E-state index is 0.130. The van der Waals surface area contributed by atoms with Gasteiger partial charge in [-0.3, -0.25) is 9.89 Å². The van der Waals surface area contributed by atoms with E-state index in [1.807, 2.05) is 0 Å². The molecule has 2 saturated carbocycles. The van der Waals surface area contributed by atoms with E-state index < -0.39 is 0 Å². The Morgan fingerprint density at radius 1 is 1.21 bits per heavy atom. The van der Waals surface area contributed by atoms with Crippen LogP contribution in [-0.2, 0) is 0 Å². The summed E-state index contributed by atoms with van der Waals surface area (Å²) in [5.74, 6) is 2.98. The lowest BCUT2D eigenvalue weighted by molar-refractivity contribution is 0.0900. The minimum Gasteiger partial charge on any atom is -0.347 e. The summed E-state index contributed by atoms with van der Waals surface area (Å²) in [6.45, 7) is 4.56. The van der Waals surface area contributed by atoms with Gasteiger partial charge in [0.25, 0.3) is 5.91 Å². The largest absolute Gasteiger partial charge is 0.347 e. The van der Waals surface area contributed by atoms with Gasteiger partial charge in [0.15, 0.2) is 0 Å². The van der Waals surface area contributed by atoms with Crippen LogP contribution in [0.15, 0.2) is 0 Å². The highest BCUT2D eigenvalue weighted by molar-refractivity contribution is 5.90. The van der Waals surface area contributed by atoms with Crippen LogP contribution in [0.5, 0.6) is 0 Å². The number of rotatable bonds is 3. The molecule has 1 aromatic heterocycles. The zero-order valence-corrected chi connectivity index (χ0v) is 11.6. The van der Waals surface area contributed by atoms with Gasteiger partial charge >= 0.3 is 0 Å². The monoisotopic (exact) mass is 262 g/mol. The third kappa shape index (κ3) is 2.80. The lowest BCUT2D eigenvalue weighted by atomic mass is 9.79. The summed E-state index contributed by atoms with van der Waals surface area (Å²) < 4.78 is 0. The summed E-state index contributed by atoms with van der Waals surface area (Å²) in [6.07, 6.45) is 5.64. The molecule has 3 rings (SSSR count). The Kier molecular flexibility index (Phi) is 3.29. The molecule has 5 heteroatoms. The van der Waals surface area contributed by atoms with E-state index in [-0.39, 0.29) is 11.9 Å². The van der Waals surface area contributed by atoms with Gasteiger partial charge in [0.1, 0.15) is 5.82 Å². The predicted molar refractivity (Wildman–Crippen MR) is 71.8 cm³/mol. The first-order chi connectivity index (χ1) is 9.13. The Morgan fingerprint density at radius 2 is 2.00 bits per heavy atom. The summed E-state index contributed by atoms with van der Waals surface area (Å²) in [5.41, 5.74) is 0. The Bertz CT molecular complexity index is 466. The number of aromatic amines is 1. The molecule has 19 heavy (non-hydrogen) atoms. The van der Waals surface area contributed by atoms with Crippen LogP contribution in [0.25, 0.3) is 0 Å². The molecule has 0 aromatic carbocycles. The third-order valence-corrected chi connectivity index (χ3v) is 4.60. The smallest absolute Gasteiger partial charge is 0.291 e. The van der Waals surface area contributed by atoms with E-state index in [9.17, 15) is 4.79 Å². The Labute approximate surface area is 113 Å². The van der Waals surface area contributed by atoms with Crippen LogP contribution >= 0.6 is 0 Å². The molecule has 104 valence electrons. The van der Waals surface area contributed by atoms with Crippen molar-refractivity contribution >= 4 is 5.91 Å². The topological polar surface area (TPSA) is 70.7 Å². The van der Waals surface area contributed by atoms with Gasteiger partial charge in [-0.2, -0.15) is 0 Å². The number of nitrogens with one attached hydrogen (secondary N) is 2. The number of amides is 1. The molecule has 2 aliphatic carbocycles. The highest BCUT2D eigenvalue weighted by atomic mass is 16.2. The molecule has 3 unspecified atom stereocenters. The van der Waals surface area contributed by atoms with Crippen molar-refractivity contribution in [3.05, 3.63) is 11.6 Å². The van der Waals surface area contributed by atoms with Crippen LogP contribution in [0.3, 0.4) is 0 Å². The third-order valence-electron chi connectivity index (χ3n) is 4.60. The number of hydrogen-bond donors (Lipinski definition) is 2. The average Bonchev–Trinajstić information content (AvgIpc) is 3.11. The standard InChI is InChI=1S/C14H22N4O/c1-8-3-6-11(7-9(8)2)15-14(19)13-16-12(17-18-13)10-4-5-10/h8-11H,3-7H2,1-2H3,(H,15,19)(H,16,17,18). The molecule has 2 N–H and O–H groups in total. The fourth-order valence-electron chi connectivity index (χ4n) is 2.84. The molecule has 0 bridgehead atoms. The first-order valence-corrected chi connectivity index (χ1v) is 7.36. The Morgan fingerprint density at radius 3 is 2.68 bits per heavy atom. The van der Waals surface area contributed by atoms with Gasteiger partial charge in [-0.05, 0) is 43.9 Å². The van der Waals surface area contributed by atoms with Crippen LogP contribution in [-0.4, -0.2) is 27.1 Å². The van der Waals surface area contributed by atoms with E-state index in [0.29, 0.717) is 17.7 Å². The summed E-state index contributed by atoms with van der Waals surface area (Å²) in [7, 11) is 0. The second-order valence-corrected chi connectivity index (χ2v) is 6.26. The number of hydrogen-bond acceptors (Lipinski definition) is 3. The molecule has 5 nitrogen and oxygen atoms in total. The van der Waals surface area contributed by atoms with Crippen molar-refractivity contribution in [2.75, 3.05) is 0 Å². The number of nitrogens with zero attached hydrogens (tertiary/aromatic N) is 2. The van der Waals surface area contributed by atoms with E-state index in [1.165, 1.54) is 6.42 Å². The van der Waals surface area contributed by atoms with E-state index in [4.69, 9.17) is 0 Å². The van der Waals surface area contributed by atoms with Gasteiger partial charge in [-0.15, -0.1) is 5.10 Å². The molecule has 0 saturated heterocycles. The molecule has 1 amide bonds. The van der Waals surface area contributed by atoms with Gasteiger partial charge in [-0.1, -0.05) is 13.8 Å². The van der Waals surface area contributed by atoms with Crippen LogP contribution in [0.2, 0.25) is 0 Å². The van der Waals surface area contributed by atoms with E-state index in [2.05, 4.69) is 34.3 Å². The lowest BCUT2D eigenvalue weighted by Gasteiger charge is -2.32. The molecule has 0 radical (unpaired) electrons. The van der Waals surface area contributed by atoms with Gasteiger partial charge in [0.05, 0.1) is 0 Å². The number of carbonyl (C=O) groups excluding carboxylic acids is 1. The molecule has 3 atom stereocenters. The molecular formula is C14H22N4O. The molecule has 0 spiro atoms. The van der Waals surface area contributed by atoms with Crippen molar-refractivity contribution < 1.29 is 4.79 Å². The van der Waals surface area contributed by atoms with Gasteiger partial charge in [0, 0.05) is 12.0 Å². The van der Waals surface area contributed by atoms with E-state index >= 15 is 0 Å². The first-order valence-electron chi connectivity index (χ1n) is 7.36. The fourth-order valence-corrected chi connectivity index (χ4v) is 2.84. The molecule has 2 fully saturated rings. The van der Waals surface area contributed by atoms with Crippen molar-refractivity contribution in [1.29, 1.82) is 0 Å². The first kappa shape index (κ1) is 12.6. The van der Waals surface area contributed by atoms with Crippen LogP contribution < -0.4 is 5.32 Å². The summed E-state index contributed by atoms with van der Waals surface area (Å²) in [5, 5.41) is 9.98. The second kappa shape index (κ2) is 4.94. The average molecular weight is 262 g/mol. The zero-order valence-electron chi connectivity index (χ0n) is 11.6. The summed E-state index contributed by atoms with van der Waals surface area (Å²) >= 11 is 0. The second-order valence-electron chi connectivity index (χ2n) is 6.26. The highest BCUT2D eigenvalue weighted by Crippen LogP contribution is 2.37. The maximum absolute atomic E-state index is 12.1. The van der Waals surface area contributed by atoms with Gasteiger partial charge < -0.3 is 5.32 Å². The van der Waals surface area contributed by atoms with Crippen molar-refractivity contribution in [2.45, 2.75) is 57.9 Å². The fraction of sp³-hybridized carbons (Fsp3) is 0.786. The minimum atomic E-state index is -0.130. The van der Waals surface area contributed by atoms with Crippen molar-refractivity contribution in [1.82, 2.24) is 20.5 Å². The van der Waals surface area contributed by atoms with E-state index in [1.54, 1.807) is 0 Å². The van der Waals surface area contributed by atoms with Crippen LogP contribution in [0.1, 0.15) is 68.3 Å². The Hall–Kier alpha value is -1.39.